The number of fused-ring (bicyclic) bond motifs is 1. The Morgan fingerprint density at radius 2 is 1.79 bits per heavy atom. The maximum absolute atomic E-state index is 12.1. The Morgan fingerprint density at radius 1 is 1.11 bits per heavy atom. The molecule has 1 atom stereocenters. The number of hydrogen-bond donors (Lipinski definition) is 0. The molecule has 1 unspecified atom stereocenters. The van der Waals surface area contributed by atoms with Gasteiger partial charge < -0.3 is 4.90 Å². The first-order valence-electron chi connectivity index (χ1n) is 6.28. The molecule has 0 bridgehead atoms. The van der Waals surface area contributed by atoms with E-state index in [1.165, 1.54) is 5.56 Å². The Bertz CT molecular complexity index is 621. The van der Waals surface area contributed by atoms with Crippen LogP contribution < -0.4 is 4.90 Å². The van der Waals surface area contributed by atoms with Gasteiger partial charge in [-0.25, -0.2) is 0 Å². The van der Waals surface area contributed by atoms with Gasteiger partial charge in [-0.3, -0.25) is 4.79 Å². The van der Waals surface area contributed by atoms with Crippen LogP contribution in [-0.2, 0) is 4.79 Å². The molecule has 1 aliphatic rings. The lowest BCUT2D eigenvalue weighted by Gasteiger charge is -2.31. The van der Waals surface area contributed by atoms with Crippen molar-refractivity contribution >= 4 is 23.2 Å². The number of rotatable bonds is 1. The van der Waals surface area contributed by atoms with Gasteiger partial charge in [-0.2, -0.15) is 0 Å². The van der Waals surface area contributed by atoms with Crippen LogP contribution in [-0.4, -0.2) is 13.0 Å². The highest BCUT2D eigenvalue weighted by atomic mass is 35.5. The highest BCUT2D eigenvalue weighted by Gasteiger charge is 2.29. The van der Waals surface area contributed by atoms with Crippen LogP contribution in [0.1, 0.15) is 23.5 Å². The topological polar surface area (TPSA) is 20.3 Å². The number of carbonyl (C=O) groups is 1. The van der Waals surface area contributed by atoms with Crippen LogP contribution in [0.2, 0.25) is 5.02 Å². The highest BCUT2D eigenvalue weighted by Crippen LogP contribution is 2.39. The first-order valence-corrected chi connectivity index (χ1v) is 6.65. The molecule has 1 heterocycles. The molecule has 19 heavy (non-hydrogen) atoms. The van der Waals surface area contributed by atoms with Crippen LogP contribution in [0, 0.1) is 0 Å². The van der Waals surface area contributed by atoms with Crippen LogP contribution in [0.5, 0.6) is 0 Å². The Morgan fingerprint density at radius 3 is 2.53 bits per heavy atom. The number of amides is 1. The van der Waals surface area contributed by atoms with Crippen LogP contribution in [0.25, 0.3) is 0 Å². The van der Waals surface area contributed by atoms with Gasteiger partial charge >= 0.3 is 0 Å². The largest absolute Gasteiger partial charge is 0.315 e. The lowest BCUT2D eigenvalue weighted by molar-refractivity contribution is -0.118. The van der Waals surface area contributed by atoms with Gasteiger partial charge in [0.2, 0.25) is 5.91 Å². The fourth-order valence-electron chi connectivity index (χ4n) is 2.64. The van der Waals surface area contributed by atoms with Gasteiger partial charge in [0, 0.05) is 30.1 Å². The van der Waals surface area contributed by atoms with Crippen LogP contribution in [0.15, 0.2) is 48.5 Å². The minimum Gasteiger partial charge on any atom is -0.315 e. The second-order valence-corrected chi connectivity index (χ2v) is 5.26. The van der Waals surface area contributed by atoms with Gasteiger partial charge in [0.1, 0.15) is 0 Å². The number of nitrogens with zero attached hydrogens (tertiary/aromatic N) is 1. The van der Waals surface area contributed by atoms with Crippen molar-refractivity contribution in [3.8, 4) is 0 Å². The standard InChI is InChI=1S/C16H14ClNO/c1-18-15-5-3-2-4-13(15)14(10-16(18)19)11-6-8-12(17)9-7-11/h2-9,14H,10H2,1H3. The third-order valence-electron chi connectivity index (χ3n) is 3.70. The molecule has 0 N–H and O–H groups in total. The molecule has 2 nitrogen and oxygen atoms in total. The summed E-state index contributed by atoms with van der Waals surface area (Å²) in [5, 5.41) is 0.719. The molecule has 1 aliphatic heterocycles. The summed E-state index contributed by atoms with van der Waals surface area (Å²) < 4.78 is 0. The zero-order valence-electron chi connectivity index (χ0n) is 10.6. The molecule has 3 rings (SSSR count). The minimum atomic E-state index is 0.122. The van der Waals surface area contributed by atoms with Crippen molar-refractivity contribution in [3.63, 3.8) is 0 Å². The van der Waals surface area contributed by atoms with Crippen molar-refractivity contribution in [2.45, 2.75) is 12.3 Å². The second kappa shape index (κ2) is 4.71. The summed E-state index contributed by atoms with van der Waals surface area (Å²) in [6.07, 6.45) is 0.509. The number of benzene rings is 2. The predicted octanol–water partition coefficient (Wildman–Crippen LogP) is 3.84. The molecule has 0 fully saturated rings. The summed E-state index contributed by atoms with van der Waals surface area (Å²) in [6, 6.07) is 15.8. The maximum Gasteiger partial charge on any atom is 0.227 e. The summed E-state index contributed by atoms with van der Waals surface area (Å²) in [5.74, 6) is 0.274. The van der Waals surface area contributed by atoms with Crippen molar-refractivity contribution in [1.82, 2.24) is 0 Å². The smallest absolute Gasteiger partial charge is 0.227 e. The van der Waals surface area contributed by atoms with Crippen molar-refractivity contribution in [2.75, 3.05) is 11.9 Å². The molecule has 0 spiro atoms. The maximum atomic E-state index is 12.1. The van der Waals surface area contributed by atoms with E-state index in [-0.39, 0.29) is 11.8 Å². The Balaban J connectivity index is 2.10. The Kier molecular flexibility index (Phi) is 3.03. The molecule has 0 aromatic heterocycles. The van der Waals surface area contributed by atoms with Crippen molar-refractivity contribution in [3.05, 3.63) is 64.7 Å². The quantitative estimate of drug-likeness (QED) is 0.772. The third kappa shape index (κ3) is 2.13. The van der Waals surface area contributed by atoms with E-state index in [0.717, 1.165) is 16.3 Å². The molecular formula is C16H14ClNO. The summed E-state index contributed by atoms with van der Waals surface area (Å²) >= 11 is 5.93. The predicted molar refractivity (Wildman–Crippen MR) is 77.8 cm³/mol. The number of carbonyl (C=O) groups excluding carboxylic acids is 1. The van der Waals surface area contributed by atoms with Crippen molar-refractivity contribution < 1.29 is 4.79 Å². The molecule has 96 valence electrons. The van der Waals surface area contributed by atoms with E-state index < -0.39 is 0 Å². The van der Waals surface area contributed by atoms with E-state index >= 15 is 0 Å². The van der Waals surface area contributed by atoms with Gasteiger partial charge in [0.05, 0.1) is 0 Å². The number of halogens is 1. The van der Waals surface area contributed by atoms with Crippen molar-refractivity contribution in [1.29, 1.82) is 0 Å². The Hall–Kier alpha value is -1.80. The monoisotopic (exact) mass is 271 g/mol. The summed E-state index contributed by atoms with van der Waals surface area (Å²) in [7, 11) is 1.83. The van der Waals surface area contributed by atoms with E-state index in [0.29, 0.717) is 6.42 Å². The molecule has 2 aromatic rings. The van der Waals surface area contributed by atoms with E-state index in [9.17, 15) is 4.79 Å². The lowest BCUT2D eigenvalue weighted by atomic mass is 9.84. The summed E-state index contributed by atoms with van der Waals surface area (Å²) in [6.45, 7) is 0. The van der Waals surface area contributed by atoms with Crippen LogP contribution >= 0.6 is 11.6 Å². The van der Waals surface area contributed by atoms with Crippen LogP contribution in [0.4, 0.5) is 5.69 Å². The first kappa shape index (κ1) is 12.2. The summed E-state index contributed by atoms with van der Waals surface area (Å²) in [4.78, 5) is 13.8. The molecule has 0 saturated carbocycles. The lowest BCUT2D eigenvalue weighted by Crippen LogP contribution is -2.33. The van der Waals surface area contributed by atoms with E-state index in [1.54, 1.807) is 4.90 Å². The van der Waals surface area contributed by atoms with Crippen molar-refractivity contribution in [2.24, 2.45) is 0 Å². The van der Waals surface area contributed by atoms with E-state index in [1.807, 2.05) is 49.5 Å². The van der Waals surface area contributed by atoms with Gasteiger partial charge in [0.25, 0.3) is 0 Å². The molecule has 1 amide bonds. The number of para-hydroxylation sites is 1. The molecular weight excluding hydrogens is 258 g/mol. The van der Waals surface area contributed by atoms with E-state index in [2.05, 4.69) is 6.07 Å². The van der Waals surface area contributed by atoms with Gasteiger partial charge in [-0.05, 0) is 29.3 Å². The Labute approximate surface area is 117 Å². The minimum absolute atomic E-state index is 0.122. The number of anilines is 1. The first-order chi connectivity index (χ1) is 9.16. The molecule has 0 saturated heterocycles. The fourth-order valence-corrected chi connectivity index (χ4v) is 2.76. The van der Waals surface area contributed by atoms with Gasteiger partial charge in [-0.15, -0.1) is 0 Å². The average Bonchev–Trinajstić information content (AvgIpc) is 2.44. The van der Waals surface area contributed by atoms with E-state index in [4.69, 9.17) is 11.6 Å². The molecule has 0 radical (unpaired) electrons. The van der Waals surface area contributed by atoms with Crippen LogP contribution in [0.3, 0.4) is 0 Å². The summed E-state index contributed by atoms with van der Waals surface area (Å²) in [5.41, 5.74) is 3.34. The number of hydrogen-bond acceptors (Lipinski definition) is 1. The van der Waals surface area contributed by atoms with Gasteiger partial charge in [-0.1, -0.05) is 41.9 Å². The average molecular weight is 272 g/mol. The molecule has 0 aliphatic carbocycles. The highest BCUT2D eigenvalue weighted by molar-refractivity contribution is 6.30. The zero-order valence-corrected chi connectivity index (χ0v) is 11.4. The fraction of sp³-hybridized carbons (Fsp3) is 0.188. The molecule has 2 aromatic carbocycles. The second-order valence-electron chi connectivity index (χ2n) is 4.82. The zero-order chi connectivity index (χ0) is 13.4. The molecule has 3 heteroatoms. The SMILES string of the molecule is CN1C(=O)CC(c2ccc(Cl)cc2)c2ccccc21. The van der Waals surface area contributed by atoms with Gasteiger partial charge in [0.15, 0.2) is 0 Å². The normalized spacial score (nSPS) is 18.3. The third-order valence-corrected chi connectivity index (χ3v) is 3.95.